The first-order valence-electron chi connectivity index (χ1n) is 13.0. The van der Waals surface area contributed by atoms with Crippen LogP contribution in [0.3, 0.4) is 0 Å². The second kappa shape index (κ2) is 9.58. The minimum Gasteiger partial charge on any atom is -0.497 e. The zero-order valence-electron chi connectivity index (χ0n) is 20.8. The number of methoxy groups -OCH3 is 2. The Hall–Kier alpha value is -2.98. The summed E-state index contributed by atoms with van der Waals surface area (Å²) in [4.78, 5) is 2.49. The van der Waals surface area contributed by atoms with E-state index in [-0.39, 0.29) is 0 Å². The Morgan fingerprint density at radius 1 is 0.771 bits per heavy atom. The molecule has 0 radical (unpaired) electrons. The van der Waals surface area contributed by atoms with Gasteiger partial charge in [-0.15, -0.1) is 0 Å². The highest BCUT2D eigenvalue weighted by molar-refractivity contribution is 5.56. The number of likely N-dealkylation sites (tertiary alicyclic amines) is 1. The van der Waals surface area contributed by atoms with Gasteiger partial charge in [-0.05, 0) is 109 Å². The highest BCUT2D eigenvalue weighted by Gasteiger charge is 2.45. The van der Waals surface area contributed by atoms with Gasteiger partial charge >= 0.3 is 0 Å². The van der Waals surface area contributed by atoms with Crippen LogP contribution in [0.5, 0.6) is 17.2 Å². The van der Waals surface area contributed by atoms with Crippen LogP contribution in [-0.4, -0.2) is 45.4 Å². The smallest absolute Gasteiger partial charge is 0.119 e. The first kappa shape index (κ1) is 22.5. The Morgan fingerprint density at radius 2 is 1.46 bits per heavy atom. The summed E-state index contributed by atoms with van der Waals surface area (Å²) in [5, 5.41) is 0. The highest BCUT2D eigenvalue weighted by atomic mass is 16.5. The molecule has 3 aromatic rings. The molecule has 0 spiro atoms. The summed E-state index contributed by atoms with van der Waals surface area (Å²) in [6.45, 7) is 4.19. The Bertz CT molecular complexity index is 1180. The number of nitrogens with zero attached hydrogens (tertiary/aromatic N) is 1. The van der Waals surface area contributed by atoms with Gasteiger partial charge in [0, 0.05) is 18.4 Å². The van der Waals surface area contributed by atoms with E-state index in [2.05, 4.69) is 65.6 Å². The first-order valence-corrected chi connectivity index (χ1v) is 13.0. The second-order valence-electron chi connectivity index (χ2n) is 10.2. The highest BCUT2D eigenvalue weighted by Crippen LogP contribution is 2.59. The van der Waals surface area contributed by atoms with Crippen molar-refractivity contribution in [3.63, 3.8) is 0 Å². The van der Waals surface area contributed by atoms with E-state index in [1.807, 2.05) is 0 Å². The van der Waals surface area contributed by atoms with Crippen molar-refractivity contribution in [2.75, 3.05) is 40.5 Å². The average molecular weight is 470 g/mol. The minimum atomic E-state index is 0.302. The van der Waals surface area contributed by atoms with E-state index in [9.17, 15) is 0 Å². The van der Waals surface area contributed by atoms with Gasteiger partial charge in [0.15, 0.2) is 0 Å². The molecule has 1 heterocycles. The molecule has 4 nitrogen and oxygen atoms in total. The first-order chi connectivity index (χ1) is 17.2. The molecule has 0 amide bonds. The fourth-order valence-corrected chi connectivity index (χ4v) is 6.66. The third-order valence-corrected chi connectivity index (χ3v) is 8.37. The summed E-state index contributed by atoms with van der Waals surface area (Å²) in [5.41, 5.74) is 7.13. The zero-order valence-corrected chi connectivity index (χ0v) is 20.8. The molecule has 35 heavy (non-hydrogen) atoms. The van der Waals surface area contributed by atoms with Crippen LogP contribution in [0.15, 0.2) is 60.7 Å². The summed E-state index contributed by atoms with van der Waals surface area (Å²) in [6, 6.07) is 22.2. The van der Waals surface area contributed by atoms with Gasteiger partial charge < -0.3 is 14.2 Å². The SMILES string of the molecule is COc1ccc2c(c1)CCC1c3ccc(OC)cc3C(c3ccc(OCCN4CCCC4)cc3)C21. The third-order valence-electron chi connectivity index (χ3n) is 8.37. The lowest BCUT2D eigenvalue weighted by molar-refractivity contribution is 0.237. The van der Waals surface area contributed by atoms with Crippen LogP contribution in [0.2, 0.25) is 0 Å². The van der Waals surface area contributed by atoms with Gasteiger partial charge in [-0.1, -0.05) is 24.3 Å². The van der Waals surface area contributed by atoms with Crippen molar-refractivity contribution in [2.24, 2.45) is 0 Å². The quantitative estimate of drug-likeness (QED) is 0.416. The van der Waals surface area contributed by atoms with E-state index in [0.717, 1.165) is 36.8 Å². The van der Waals surface area contributed by atoms with Crippen LogP contribution < -0.4 is 14.2 Å². The number of fused-ring (bicyclic) bond motifs is 5. The Kier molecular flexibility index (Phi) is 6.15. The van der Waals surface area contributed by atoms with Gasteiger partial charge in [0.25, 0.3) is 0 Å². The monoisotopic (exact) mass is 469 g/mol. The van der Waals surface area contributed by atoms with E-state index in [1.165, 1.54) is 60.2 Å². The molecule has 3 aliphatic rings. The summed E-state index contributed by atoms with van der Waals surface area (Å²) in [5.74, 6) is 4.10. The maximum atomic E-state index is 6.10. The lowest BCUT2D eigenvalue weighted by Crippen LogP contribution is -2.25. The van der Waals surface area contributed by atoms with Gasteiger partial charge in [-0.3, -0.25) is 4.90 Å². The standard InChI is InChI=1S/C31H35NO3/c1-33-24-10-13-26-22(19-24)7-12-28-27-14-11-25(34-2)20-29(27)30(31(26)28)21-5-8-23(9-6-21)35-18-17-32-15-3-4-16-32/h5-6,8-11,13-14,19-20,28,30-31H,3-4,7,12,15-18H2,1-2H3. The van der Waals surface area contributed by atoms with Crippen molar-refractivity contribution in [3.8, 4) is 17.2 Å². The van der Waals surface area contributed by atoms with Crippen molar-refractivity contribution in [3.05, 3.63) is 88.5 Å². The van der Waals surface area contributed by atoms with Crippen molar-refractivity contribution < 1.29 is 14.2 Å². The minimum absolute atomic E-state index is 0.302. The molecular formula is C31H35NO3. The number of rotatable bonds is 7. The summed E-state index contributed by atoms with van der Waals surface area (Å²) < 4.78 is 17.3. The molecule has 4 heteroatoms. The molecule has 1 saturated heterocycles. The predicted octanol–water partition coefficient (Wildman–Crippen LogP) is 6.14. The fourth-order valence-electron chi connectivity index (χ4n) is 6.66. The van der Waals surface area contributed by atoms with Crippen molar-refractivity contribution in [1.29, 1.82) is 0 Å². The largest absolute Gasteiger partial charge is 0.497 e. The van der Waals surface area contributed by atoms with Crippen LogP contribution in [0.1, 0.15) is 64.8 Å². The van der Waals surface area contributed by atoms with Crippen LogP contribution >= 0.6 is 0 Å². The topological polar surface area (TPSA) is 30.9 Å². The molecule has 0 bridgehead atoms. The number of benzene rings is 3. The van der Waals surface area contributed by atoms with Crippen molar-refractivity contribution in [1.82, 2.24) is 4.90 Å². The molecule has 3 atom stereocenters. The fraction of sp³-hybridized carbons (Fsp3) is 0.419. The van der Waals surface area contributed by atoms with E-state index >= 15 is 0 Å². The summed E-state index contributed by atoms with van der Waals surface area (Å²) >= 11 is 0. The molecule has 0 aromatic heterocycles. The van der Waals surface area contributed by atoms with Gasteiger partial charge in [-0.2, -0.15) is 0 Å². The van der Waals surface area contributed by atoms with Gasteiger partial charge in [-0.25, -0.2) is 0 Å². The lowest BCUT2D eigenvalue weighted by Gasteiger charge is -2.33. The van der Waals surface area contributed by atoms with E-state index in [1.54, 1.807) is 14.2 Å². The number of hydrogen-bond donors (Lipinski definition) is 0. The summed E-state index contributed by atoms with van der Waals surface area (Å²) in [6.07, 6.45) is 4.90. The Balaban J connectivity index is 1.31. The summed E-state index contributed by atoms with van der Waals surface area (Å²) in [7, 11) is 3.51. The van der Waals surface area contributed by atoms with E-state index in [4.69, 9.17) is 14.2 Å². The predicted molar refractivity (Wildman–Crippen MR) is 139 cm³/mol. The molecule has 182 valence electrons. The van der Waals surface area contributed by atoms with Crippen LogP contribution in [0, 0.1) is 0 Å². The zero-order chi connectivity index (χ0) is 23.8. The Morgan fingerprint density at radius 3 is 2.20 bits per heavy atom. The van der Waals surface area contributed by atoms with Crippen LogP contribution in [0.4, 0.5) is 0 Å². The number of hydrogen-bond acceptors (Lipinski definition) is 4. The van der Waals surface area contributed by atoms with Crippen molar-refractivity contribution in [2.45, 2.75) is 43.4 Å². The van der Waals surface area contributed by atoms with Crippen molar-refractivity contribution >= 4 is 0 Å². The number of aryl methyl sites for hydroxylation is 1. The molecule has 6 rings (SSSR count). The van der Waals surface area contributed by atoms with Gasteiger partial charge in [0.1, 0.15) is 23.9 Å². The molecule has 1 aliphatic heterocycles. The molecule has 3 unspecified atom stereocenters. The van der Waals surface area contributed by atoms with E-state index < -0.39 is 0 Å². The van der Waals surface area contributed by atoms with Gasteiger partial charge in [0.05, 0.1) is 14.2 Å². The lowest BCUT2D eigenvalue weighted by atomic mass is 9.71. The number of ether oxygens (including phenoxy) is 3. The van der Waals surface area contributed by atoms with Crippen LogP contribution in [-0.2, 0) is 6.42 Å². The maximum absolute atomic E-state index is 6.10. The molecule has 2 aliphatic carbocycles. The second-order valence-corrected chi connectivity index (χ2v) is 10.2. The third kappa shape index (κ3) is 4.18. The Labute approximate surface area is 208 Å². The normalized spacial score (nSPS) is 22.9. The molecule has 3 aromatic carbocycles. The molecular weight excluding hydrogens is 434 g/mol. The van der Waals surface area contributed by atoms with E-state index in [0.29, 0.717) is 17.8 Å². The molecule has 0 saturated carbocycles. The average Bonchev–Trinajstić information content (AvgIpc) is 3.54. The molecule has 0 N–H and O–H groups in total. The molecule has 1 fully saturated rings. The van der Waals surface area contributed by atoms with Gasteiger partial charge in [0.2, 0.25) is 0 Å². The maximum Gasteiger partial charge on any atom is 0.119 e. The van der Waals surface area contributed by atoms with Crippen LogP contribution in [0.25, 0.3) is 0 Å².